The molecule has 0 spiro atoms. The van der Waals surface area contributed by atoms with Crippen LogP contribution < -0.4 is 0 Å². The van der Waals surface area contributed by atoms with Crippen LogP contribution in [0.2, 0.25) is 0 Å². The largest absolute Gasteiger partial charge is 0.431 e. The van der Waals surface area contributed by atoms with Gasteiger partial charge in [0.05, 0.1) is 5.92 Å². The first-order valence-corrected chi connectivity index (χ1v) is 7.42. The summed E-state index contributed by atoms with van der Waals surface area (Å²) in [7, 11) is 0. The molecule has 0 aliphatic heterocycles. The number of halogens is 7. The number of allylic oxidation sites excluding steroid dienone is 1. The van der Waals surface area contributed by atoms with Gasteiger partial charge in [-0.1, -0.05) is 37.0 Å². The third-order valence-electron chi connectivity index (χ3n) is 4.05. The number of carbonyl (C=O) groups is 1. The normalized spacial score (nSPS) is 22.0. The highest BCUT2D eigenvalue weighted by atomic mass is 35.5. The highest BCUT2D eigenvalue weighted by Gasteiger charge is 2.63. The molecule has 132 valence electrons. The van der Waals surface area contributed by atoms with Crippen LogP contribution >= 0.6 is 23.2 Å². The lowest BCUT2D eigenvalue weighted by molar-refractivity contribution is -0.243. The third-order valence-corrected chi connectivity index (χ3v) is 4.30. The van der Waals surface area contributed by atoms with Gasteiger partial charge in [-0.25, -0.2) is 13.2 Å². The SMILES string of the molecule is CC1(C)[C@@H](C=C(Cl)Cl)[C@@H]1C(=O)OC(F)(F)c1ccc(F)c(F)c1F. The zero-order valence-electron chi connectivity index (χ0n) is 12.3. The average molecular weight is 389 g/mol. The molecule has 0 N–H and O–H groups in total. The maximum atomic E-state index is 14.0. The standard InChI is InChI=1S/C15H11Cl2F5O2/c1-14(2)7(5-9(16)17)10(14)13(23)24-15(21,22)6-3-4-8(18)12(20)11(6)19/h3-5,7,10H,1-2H3/t7-,10+/m0/s1. The fraction of sp³-hybridized carbons (Fsp3) is 0.400. The summed E-state index contributed by atoms with van der Waals surface area (Å²) < 4.78 is 71.3. The Morgan fingerprint density at radius 3 is 2.33 bits per heavy atom. The first-order chi connectivity index (χ1) is 10.9. The summed E-state index contributed by atoms with van der Waals surface area (Å²) in [5.41, 5.74) is -2.31. The lowest BCUT2D eigenvalue weighted by Gasteiger charge is -2.18. The summed E-state index contributed by atoms with van der Waals surface area (Å²) in [4.78, 5) is 12.0. The molecule has 1 saturated carbocycles. The smallest absolute Gasteiger partial charge is 0.397 e. The van der Waals surface area contributed by atoms with Gasteiger partial charge in [0, 0.05) is 0 Å². The highest BCUT2D eigenvalue weighted by Crippen LogP contribution is 2.60. The molecule has 24 heavy (non-hydrogen) atoms. The molecule has 9 heteroatoms. The number of ether oxygens (including phenoxy) is 1. The van der Waals surface area contributed by atoms with Gasteiger partial charge in [-0.05, 0) is 29.5 Å². The topological polar surface area (TPSA) is 26.3 Å². The second kappa shape index (κ2) is 6.19. The molecule has 1 aromatic carbocycles. The molecule has 0 unspecified atom stereocenters. The Labute approximate surface area is 144 Å². The van der Waals surface area contributed by atoms with E-state index in [0.29, 0.717) is 12.1 Å². The summed E-state index contributed by atoms with van der Waals surface area (Å²) >= 11 is 11.0. The van der Waals surface area contributed by atoms with Gasteiger partial charge in [-0.15, -0.1) is 0 Å². The second-order valence-corrected chi connectivity index (χ2v) is 6.95. The predicted octanol–water partition coefficient (Wildman–Crippen LogP) is 5.29. The second-order valence-electron chi connectivity index (χ2n) is 5.94. The Kier molecular flexibility index (Phi) is 4.89. The molecule has 2 rings (SSSR count). The number of hydrogen-bond acceptors (Lipinski definition) is 2. The molecule has 1 aliphatic rings. The lowest BCUT2D eigenvalue weighted by atomic mass is 10.1. The van der Waals surface area contributed by atoms with Crippen LogP contribution in [-0.4, -0.2) is 5.97 Å². The van der Waals surface area contributed by atoms with Crippen LogP contribution in [0.1, 0.15) is 19.4 Å². The fourth-order valence-corrected chi connectivity index (χ4v) is 2.84. The number of rotatable bonds is 4. The van der Waals surface area contributed by atoms with E-state index in [1.54, 1.807) is 13.8 Å². The van der Waals surface area contributed by atoms with Crippen molar-refractivity contribution in [3.8, 4) is 0 Å². The number of hydrogen-bond donors (Lipinski definition) is 0. The lowest BCUT2D eigenvalue weighted by Crippen LogP contribution is -2.26. The number of esters is 1. The number of alkyl halides is 2. The van der Waals surface area contributed by atoms with E-state index >= 15 is 0 Å². The van der Waals surface area contributed by atoms with Crippen LogP contribution in [0.25, 0.3) is 0 Å². The van der Waals surface area contributed by atoms with Crippen molar-refractivity contribution in [3.05, 3.63) is 45.7 Å². The minimum absolute atomic E-state index is 0.137. The molecule has 0 bridgehead atoms. The van der Waals surface area contributed by atoms with E-state index in [1.807, 2.05) is 0 Å². The van der Waals surface area contributed by atoms with Crippen LogP contribution in [0.15, 0.2) is 22.7 Å². The number of carbonyl (C=O) groups excluding carboxylic acids is 1. The minimum atomic E-state index is -4.46. The van der Waals surface area contributed by atoms with Gasteiger partial charge in [0.1, 0.15) is 10.1 Å². The van der Waals surface area contributed by atoms with Gasteiger partial charge in [0.2, 0.25) is 0 Å². The molecule has 0 saturated heterocycles. The van der Waals surface area contributed by atoms with Gasteiger partial charge in [0.15, 0.2) is 17.5 Å². The average Bonchev–Trinajstić information content (AvgIpc) is 2.95. The third kappa shape index (κ3) is 3.37. The van der Waals surface area contributed by atoms with E-state index < -0.39 is 52.3 Å². The predicted molar refractivity (Wildman–Crippen MR) is 76.9 cm³/mol. The molecular weight excluding hydrogens is 378 g/mol. The van der Waals surface area contributed by atoms with Crippen molar-refractivity contribution in [3.63, 3.8) is 0 Å². The zero-order chi connectivity index (χ0) is 18.4. The van der Waals surface area contributed by atoms with E-state index in [9.17, 15) is 26.7 Å². The van der Waals surface area contributed by atoms with Gasteiger partial charge in [0.25, 0.3) is 0 Å². The Morgan fingerprint density at radius 2 is 1.79 bits per heavy atom. The van der Waals surface area contributed by atoms with Crippen LogP contribution in [0.3, 0.4) is 0 Å². The molecule has 1 fully saturated rings. The Bertz CT molecular complexity index is 714. The van der Waals surface area contributed by atoms with Crippen molar-refractivity contribution in [2.45, 2.75) is 20.0 Å². The maximum absolute atomic E-state index is 14.0. The Balaban J connectivity index is 2.23. The van der Waals surface area contributed by atoms with Crippen molar-refractivity contribution in [2.75, 3.05) is 0 Å². The van der Waals surface area contributed by atoms with Crippen molar-refractivity contribution in [2.24, 2.45) is 17.3 Å². The van der Waals surface area contributed by atoms with E-state index in [0.717, 1.165) is 0 Å². The van der Waals surface area contributed by atoms with E-state index in [-0.39, 0.29) is 4.49 Å². The molecular formula is C15H11Cl2F5O2. The summed E-state index contributed by atoms with van der Waals surface area (Å²) in [6.45, 7) is 3.21. The molecule has 0 radical (unpaired) electrons. The van der Waals surface area contributed by atoms with Crippen molar-refractivity contribution in [1.29, 1.82) is 0 Å². The van der Waals surface area contributed by atoms with Crippen molar-refractivity contribution < 1.29 is 31.5 Å². The minimum Gasteiger partial charge on any atom is -0.397 e. The summed E-state index contributed by atoms with van der Waals surface area (Å²) in [5.74, 6) is -8.69. The van der Waals surface area contributed by atoms with Gasteiger partial charge >= 0.3 is 12.1 Å². The Hall–Kier alpha value is -1.34. The summed E-state index contributed by atoms with van der Waals surface area (Å²) in [5, 5.41) is 0. The fourth-order valence-electron chi connectivity index (χ4n) is 2.57. The molecule has 0 heterocycles. The van der Waals surface area contributed by atoms with Crippen LogP contribution in [0, 0.1) is 34.7 Å². The first kappa shape index (κ1) is 19.0. The molecule has 1 aliphatic carbocycles. The van der Waals surface area contributed by atoms with Crippen LogP contribution in [-0.2, 0) is 15.6 Å². The van der Waals surface area contributed by atoms with E-state index in [4.69, 9.17) is 23.2 Å². The number of benzene rings is 1. The van der Waals surface area contributed by atoms with Crippen molar-refractivity contribution >= 4 is 29.2 Å². The molecule has 0 amide bonds. The van der Waals surface area contributed by atoms with E-state index in [1.165, 1.54) is 6.08 Å². The first-order valence-electron chi connectivity index (χ1n) is 6.67. The molecule has 0 aromatic heterocycles. The monoisotopic (exact) mass is 388 g/mol. The molecule has 2 atom stereocenters. The van der Waals surface area contributed by atoms with Gasteiger partial charge in [-0.3, -0.25) is 4.79 Å². The van der Waals surface area contributed by atoms with Crippen molar-refractivity contribution in [1.82, 2.24) is 0 Å². The molecule has 1 aromatic rings. The maximum Gasteiger partial charge on any atom is 0.431 e. The zero-order valence-corrected chi connectivity index (χ0v) is 13.9. The summed E-state index contributed by atoms with van der Waals surface area (Å²) in [6, 6.07) is 0.626. The quantitative estimate of drug-likeness (QED) is 0.398. The van der Waals surface area contributed by atoms with Gasteiger partial charge < -0.3 is 4.74 Å². The summed E-state index contributed by atoms with van der Waals surface area (Å²) in [6.07, 6.45) is -3.15. The highest BCUT2D eigenvalue weighted by molar-refractivity contribution is 6.55. The molecule has 2 nitrogen and oxygen atoms in total. The van der Waals surface area contributed by atoms with Crippen LogP contribution in [0.4, 0.5) is 22.0 Å². The van der Waals surface area contributed by atoms with Gasteiger partial charge in [-0.2, -0.15) is 8.78 Å². The van der Waals surface area contributed by atoms with E-state index in [2.05, 4.69) is 4.74 Å². The van der Waals surface area contributed by atoms with Crippen LogP contribution in [0.5, 0.6) is 0 Å². The Morgan fingerprint density at radius 1 is 1.21 bits per heavy atom.